The number of aromatic nitrogens is 4. The number of anilines is 4. The number of nitrogens with one attached hydrogen (secondary N) is 2. The van der Waals surface area contributed by atoms with Crippen molar-refractivity contribution < 1.29 is 0 Å². The summed E-state index contributed by atoms with van der Waals surface area (Å²) < 4.78 is 2.24. The minimum absolute atomic E-state index is 0.318. The van der Waals surface area contributed by atoms with Gasteiger partial charge in [0.05, 0.1) is 6.33 Å². The number of nitrogens with zero attached hydrogens (tertiary/aromatic N) is 4. The molecule has 2 fully saturated rings. The van der Waals surface area contributed by atoms with Crippen LogP contribution in [-0.2, 0) is 0 Å². The van der Waals surface area contributed by atoms with Crippen molar-refractivity contribution in [2.24, 2.45) is 5.73 Å². The average Bonchev–Trinajstić information content (AvgIpc) is 3.41. The first kappa shape index (κ1) is 19.1. The number of benzene rings is 1. The highest BCUT2D eigenvalue weighted by atomic mass is 15.2. The van der Waals surface area contributed by atoms with Crippen molar-refractivity contribution in [1.82, 2.24) is 19.5 Å². The van der Waals surface area contributed by atoms with Crippen molar-refractivity contribution in [2.75, 3.05) is 16.4 Å². The Morgan fingerprint density at radius 3 is 2.40 bits per heavy atom. The second kappa shape index (κ2) is 8.10. The van der Waals surface area contributed by atoms with Crippen molar-refractivity contribution in [3.8, 4) is 0 Å². The Kier molecular flexibility index (Phi) is 5.16. The fourth-order valence-electron chi connectivity index (χ4n) is 4.67. The van der Waals surface area contributed by atoms with Crippen LogP contribution in [0.25, 0.3) is 11.2 Å². The third-order valence-electron chi connectivity index (χ3n) is 6.42. The van der Waals surface area contributed by atoms with Crippen molar-refractivity contribution in [3.05, 3.63) is 30.6 Å². The normalized spacial score (nSPS) is 22.4. The van der Waals surface area contributed by atoms with Crippen LogP contribution in [-0.4, -0.2) is 31.6 Å². The van der Waals surface area contributed by atoms with Gasteiger partial charge in [0, 0.05) is 29.5 Å². The molecule has 0 aliphatic heterocycles. The molecule has 0 atom stereocenters. The summed E-state index contributed by atoms with van der Waals surface area (Å²) in [6.07, 6.45) is 11.0. The van der Waals surface area contributed by atoms with Gasteiger partial charge in [-0.25, -0.2) is 4.98 Å². The van der Waals surface area contributed by atoms with Gasteiger partial charge >= 0.3 is 0 Å². The largest absolute Gasteiger partial charge is 0.399 e. The molecule has 2 saturated carbocycles. The summed E-state index contributed by atoms with van der Waals surface area (Å²) in [6, 6.07) is 8.80. The van der Waals surface area contributed by atoms with Crippen LogP contribution in [0.5, 0.6) is 0 Å². The minimum Gasteiger partial charge on any atom is -0.399 e. The number of imidazole rings is 1. The summed E-state index contributed by atoms with van der Waals surface area (Å²) in [6.45, 7) is 0. The molecule has 0 spiro atoms. The average molecular weight is 407 g/mol. The number of fused-ring (bicyclic) bond motifs is 1. The Morgan fingerprint density at radius 1 is 0.933 bits per heavy atom. The highest BCUT2D eigenvalue weighted by Crippen LogP contribution is 2.34. The molecular formula is C22H30N8. The van der Waals surface area contributed by atoms with E-state index in [1.165, 1.54) is 25.7 Å². The fraction of sp³-hybridized carbons (Fsp3) is 0.500. The Hall–Kier alpha value is -2.87. The molecule has 8 nitrogen and oxygen atoms in total. The van der Waals surface area contributed by atoms with E-state index in [0.717, 1.165) is 54.0 Å². The molecule has 2 aliphatic carbocycles. The van der Waals surface area contributed by atoms with E-state index in [1.807, 2.05) is 30.6 Å². The lowest BCUT2D eigenvalue weighted by atomic mass is 9.92. The number of hydrogen-bond donors (Lipinski definition) is 4. The molecule has 2 aromatic heterocycles. The molecule has 5 rings (SSSR count). The summed E-state index contributed by atoms with van der Waals surface area (Å²) in [5, 5.41) is 6.98. The first-order valence-electron chi connectivity index (χ1n) is 11.0. The number of rotatable bonds is 5. The molecule has 0 amide bonds. The van der Waals surface area contributed by atoms with E-state index in [0.29, 0.717) is 24.1 Å². The lowest BCUT2D eigenvalue weighted by Gasteiger charge is -2.27. The van der Waals surface area contributed by atoms with Crippen LogP contribution in [0.3, 0.4) is 0 Å². The molecule has 0 bridgehead atoms. The highest BCUT2D eigenvalue weighted by Gasteiger charge is 2.24. The fourth-order valence-corrected chi connectivity index (χ4v) is 4.67. The third-order valence-corrected chi connectivity index (χ3v) is 6.42. The quantitative estimate of drug-likeness (QED) is 0.474. The van der Waals surface area contributed by atoms with E-state index >= 15 is 0 Å². The molecule has 2 aliphatic rings. The molecule has 0 unspecified atom stereocenters. The van der Waals surface area contributed by atoms with Crippen LogP contribution < -0.4 is 22.1 Å². The van der Waals surface area contributed by atoms with Gasteiger partial charge in [0.2, 0.25) is 5.95 Å². The maximum absolute atomic E-state index is 6.07. The standard InChI is InChI=1S/C22H30N8/c23-14-5-9-16(10-6-14)26-20-19-21(30(13-25-19)18-3-1-2-4-18)29-22(28-20)27-17-11-7-15(24)8-12-17/h5-6,9-10,13,15,17-18H,1-4,7-8,11-12,23-24H2,(H2,26,27,28,29)/t15-,17-. The smallest absolute Gasteiger partial charge is 0.227 e. The van der Waals surface area contributed by atoms with Gasteiger partial charge in [-0.1, -0.05) is 12.8 Å². The Morgan fingerprint density at radius 2 is 1.67 bits per heavy atom. The third kappa shape index (κ3) is 3.92. The van der Waals surface area contributed by atoms with Crippen LogP contribution in [0.2, 0.25) is 0 Å². The Balaban J connectivity index is 1.50. The van der Waals surface area contributed by atoms with Gasteiger partial charge in [-0.2, -0.15) is 9.97 Å². The lowest BCUT2D eigenvalue weighted by molar-refractivity contribution is 0.410. The van der Waals surface area contributed by atoms with Crippen LogP contribution in [0, 0.1) is 0 Å². The van der Waals surface area contributed by atoms with Gasteiger partial charge in [-0.3, -0.25) is 0 Å². The summed E-state index contributed by atoms with van der Waals surface area (Å²) in [7, 11) is 0. The summed E-state index contributed by atoms with van der Waals surface area (Å²) in [4.78, 5) is 14.4. The second-order valence-corrected chi connectivity index (χ2v) is 8.66. The molecule has 0 radical (unpaired) electrons. The van der Waals surface area contributed by atoms with Crippen molar-refractivity contribution in [3.63, 3.8) is 0 Å². The molecule has 6 N–H and O–H groups in total. The van der Waals surface area contributed by atoms with E-state index in [-0.39, 0.29) is 0 Å². The monoisotopic (exact) mass is 406 g/mol. The predicted molar refractivity (Wildman–Crippen MR) is 121 cm³/mol. The van der Waals surface area contributed by atoms with Gasteiger partial charge in [-0.15, -0.1) is 0 Å². The van der Waals surface area contributed by atoms with E-state index in [1.54, 1.807) is 0 Å². The molecule has 158 valence electrons. The summed E-state index contributed by atoms with van der Waals surface area (Å²) in [5.74, 6) is 1.37. The molecule has 3 aromatic rings. The van der Waals surface area contributed by atoms with E-state index in [4.69, 9.17) is 21.4 Å². The maximum Gasteiger partial charge on any atom is 0.227 e. The van der Waals surface area contributed by atoms with Crippen molar-refractivity contribution >= 4 is 34.3 Å². The van der Waals surface area contributed by atoms with Crippen LogP contribution in [0.4, 0.5) is 23.1 Å². The molecule has 0 saturated heterocycles. The van der Waals surface area contributed by atoms with E-state index in [2.05, 4.69) is 20.2 Å². The zero-order valence-electron chi connectivity index (χ0n) is 17.2. The van der Waals surface area contributed by atoms with Gasteiger partial charge < -0.3 is 26.7 Å². The topological polar surface area (TPSA) is 120 Å². The van der Waals surface area contributed by atoms with Gasteiger partial charge in [0.1, 0.15) is 0 Å². The molecule has 8 heteroatoms. The molecule has 2 heterocycles. The molecular weight excluding hydrogens is 376 g/mol. The second-order valence-electron chi connectivity index (χ2n) is 8.66. The number of hydrogen-bond acceptors (Lipinski definition) is 7. The van der Waals surface area contributed by atoms with E-state index in [9.17, 15) is 0 Å². The SMILES string of the molecule is Nc1ccc(Nc2nc(N[C@H]3CC[C@H](N)CC3)nc3c2ncn3C2CCCC2)cc1. The number of nitrogens with two attached hydrogens (primary N) is 2. The Bertz CT molecular complexity index is 998. The Labute approximate surface area is 176 Å². The zero-order chi connectivity index (χ0) is 20.5. The van der Waals surface area contributed by atoms with Crippen molar-refractivity contribution in [1.29, 1.82) is 0 Å². The molecule has 30 heavy (non-hydrogen) atoms. The van der Waals surface area contributed by atoms with Gasteiger partial charge in [0.25, 0.3) is 0 Å². The first-order chi connectivity index (χ1) is 14.7. The van der Waals surface area contributed by atoms with Crippen LogP contribution in [0.1, 0.15) is 57.4 Å². The first-order valence-corrected chi connectivity index (χ1v) is 11.0. The van der Waals surface area contributed by atoms with Crippen LogP contribution >= 0.6 is 0 Å². The minimum atomic E-state index is 0.318. The molecule has 1 aromatic carbocycles. The summed E-state index contributed by atoms with van der Waals surface area (Å²) in [5.41, 5.74) is 15.3. The predicted octanol–water partition coefficient (Wildman–Crippen LogP) is 3.95. The van der Waals surface area contributed by atoms with Crippen LogP contribution in [0.15, 0.2) is 30.6 Å². The van der Waals surface area contributed by atoms with Crippen molar-refractivity contribution in [2.45, 2.75) is 69.5 Å². The van der Waals surface area contributed by atoms with Gasteiger partial charge in [0.15, 0.2) is 17.0 Å². The summed E-state index contributed by atoms with van der Waals surface area (Å²) >= 11 is 0. The van der Waals surface area contributed by atoms with E-state index < -0.39 is 0 Å². The number of nitrogen functional groups attached to an aromatic ring is 1. The maximum atomic E-state index is 6.07. The highest BCUT2D eigenvalue weighted by molar-refractivity contribution is 5.86. The lowest BCUT2D eigenvalue weighted by Crippen LogP contribution is -2.33. The zero-order valence-corrected chi connectivity index (χ0v) is 17.2. The van der Waals surface area contributed by atoms with Gasteiger partial charge in [-0.05, 0) is 62.8 Å².